The van der Waals surface area contributed by atoms with Gasteiger partial charge in [-0.2, -0.15) is 0 Å². The quantitative estimate of drug-likeness (QED) is 0.823. The zero-order valence-electron chi connectivity index (χ0n) is 11.7. The van der Waals surface area contributed by atoms with E-state index in [1.54, 1.807) is 12.1 Å². The van der Waals surface area contributed by atoms with Crippen molar-refractivity contribution in [2.24, 2.45) is 0 Å². The van der Waals surface area contributed by atoms with Crippen LogP contribution in [0, 0.1) is 0 Å². The topological polar surface area (TPSA) is 43.4 Å². The van der Waals surface area contributed by atoms with Crippen molar-refractivity contribution in [2.45, 2.75) is 51.0 Å². The van der Waals surface area contributed by atoms with E-state index >= 15 is 0 Å². The van der Waals surface area contributed by atoms with Gasteiger partial charge in [0, 0.05) is 6.26 Å². The fourth-order valence-electron chi connectivity index (χ4n) is 1.71. The van der Waals surface area contributed by atoms with Crippen LogP contribution in [0.1, 0.15) is 45.6 Å². The van der Waals surface area contributed by atoms with E-state index in [0.29, 0.717) is 11.7 Å². The maximum atomic E-state index is 11.8. The third-order valence-electron chi connectivity index (χ3n) is 2.91. The lowest BCUT2D eigenvalue weighted by atomic mass is 9.99. The van der Waals surface area contributed by atoms with Gasteiger partial charge in [-0.25, -0.2) is 8.42 Å². The van der Waals surface area contributed by atoms with Crippen LogP contribution in [-0.4, -0.2) is 20.8 Å². The van der Waals surface area contributed by atoms with E-state index in [1.165, 1.54) is 6.26 Å². The Balaban J connectivity index is 3.30. The Labute approximate surface area is 110 Å². The Hall–Kier alpha value is -1.03. The predicted molar refractivity (Wildman–Crippen MR) is 74.0 cm³/mol. The lowest BCUT2D eigenvalue weighted by molar-refractivity contribution is 0.236. The third-order valence-corrected chi connectivity index (χ3v) is 4.03. The van der Waals surface area contributed by atoms with Gasteiger partial charge in [-0.1, -0.05) is 19.9 Å². The van der Waals surface area contributed by atoms with E-state index < -0.39 is 9.84 Å². The molecule has 0 aliphatic heterocycles. The zero-order chi connectivity index (χ0) is 13.9. The Bertz CT molecular complexity index is 504. The smallest absolute Gasteiger partial charge is 0.179 e. The summed E-state index contributed by atoms with van der Waals surface area (Å²) in [4.78, 5) is 0.286. The SMILES string of the molecule is CCC(C)c1ccc(OC(C)C)c(S(C)(=O)=O)c1. The zero-order valence-corrected chi connectivity index (χ0v) is 12.5. The van der Waals surface area contributed by atoms with Crippen molar-refractivity contribution in [2.75, 3.05) is 6.26 Å². The van der Waals surface area contributed by atoms with E-state index in [0.717, 1.165) is 12.0 Å². The first-order valence-corrected chi connectivity index (χ1v) is 8.15. The molecule has 1 aromatic rings. The van der Waals surface area contributed by atoms with Gasteiger partial charge >= 0.3 is 0 Å². The predicted octanol–water partition coefficient (Wildman–Crippen LogP) is 3.39. The van der Waals surface area contributed by atoms with Gasteiger partial charge in [0.1, 0.15) is 10.6 Å². The molecule has 18 heavy (non-hydrogen) atoms. The van der Waals surface area contributed by atoms with Gasteiger partial charge < -0.3 is 4.74 Å². The molecule has 0 saturated carbocycles. The average Bonchev–Trinajstić information content (AvgIpc) is 2.26. The first-order valence-electron chi connectivity index (χ1n) is 6.26. The van der Waals surface area contributed by atoms with Crippen LogP contribution in [0.5, 0.6) is 5.75 Å². The molecule has 0 aliphatic rings. The molecule has 0 radical (unpaired) electrons. The third kappa shape index (κ3) is 3.73. The monoisotopic (exact) mass is 270 g/mol. The first-order chi connectivity index (χ1) is 8.25. The number of rotatable bonds is 5. The summed E-state index contributed by atoms with van der Waals surface area (Å²) in [6, 6.07) is 5.44. The Morgan fingerprint density at radius 3 is 2.28 bits per heavy atom. The highest BCUT2D eigenvalue weighted by Crippen LogP contribution is 2.29. The van der Waals surface area contributed by atoms with Gasteiger partial charge in [-0.3, -0.25) is 0 Å². The number of hydrogen-bond acceptors (Lipinski definition) is 3. The minimum absolute atomic E-state index is 0.0417. The number of benzene rings is 1. The van der Waals surface area contributed by atoms with Crippen LogP contribution in [0.15, 0.2) is 23.1 Å². The van der Waals surface area contributed by atoms with Crippen LogP contribution < -0.4 is 4.74 Å². The highest BCUT2D eigenvalue weighted by molar-refractivity contribution is 7.90. The molecule has 1 rings (SSSR count). The molecule has 0 bridgehead atoms. The maximum Gasteiger partial charge on any atom is 0.179 e. The summed E-state index contributed by atoms with van der Waals surface area (Å²) in [6.07, 6.45) is 2.16. The second-order valence-corrected chi connectivity index (χ2v) is 6.94. The van der Waals surface area contributed by atoms with Crippen LogP contribution >= 0.6 is 0 Å². The van der Waals surface area contributed by atoms with Crippen LogP contribution in [0.25, 0.3) is 0 Å². The largest absolute Gasteiger partial charge is 0.490 e. The maximum absolute atomic E-state index is 11.8. The molecule has 3 nitrogen and oxygen atoms in total. The van der Waals surface area contributed by atoms with Gasteiger partial charge in [0.2, 0.25) is 0 Å². The number of ether oxygens (including phenoxy) is 1. The van der Waals surface area contributed by atoms with E-state index in [4.69, 9.17) is 4.74 Å². The van der Waals surface area contributed by atoms with Crippen molar-refractivity contribution in [1.29, 1.82) is 0 Å². The van der Waals surface area contributed by atoms with Gasteiger partial charge in [0.25, 0.3) is 0 Å². The summed E-state index contributed by atoms with van der Waals surface area (Å²) < 4.78 is 29.2. The molecule has 1 aromatic carbocycles. The lowest BCUT2D eigenvalue weighted by Gasteiger charge is -2.16. The average molecular weight is 270 g/mol. The molecule has 0 fully saturated rings. The summed E-state index contributed by atoms with van der Waals surface area (Å²) in [5, 5.41) is 0. The van der Waals surface area contributed by atoms with Crippen molar-refractivity contribution in [3.63, 3.8) is 0 Å². The van der Waals surface area contributed by atoms with Crippen molar-refractivity contribution in [3.8, 4) is 5.75 Å². The Kier molecular flexibility index (Phi) is 4.79. The first kappa shape index (κ1) is 15.0. The Morgan fingerprint density at radius 2 is 1.83 bits per heavy atom. The normalized spacial score (nSPS) is 13.7. The van der Waals surface area contributed by atoms with Crippen LogP contribution in [0.2, 0.25) is 0 Å². The molecule has 0 heterocycles. The minimum atomic E-state index is -3.27. The second-order valence-electron chi connectivity index (χ2n) is 4.95. The molecule has 1 atom stereocenters. The summed E-state index contributed by atoms with van der Waals surface area (Å²) in [7, 11) is -3.27. The fraction of sp³-hybridized carbons (Fsp3) is 0.571. The molecule has 0 aliphatic carbocycles. The molecule has 0 amide bonds. The van der Waals surface area contributed by atoms with E-state index in [9.17, 15) is 8.42 Å². The standard InChI is InChI=1S/C14H22O3S/c1-6-11(4)12-7-8-13(17-10(2)3)14(9-12)18(5,15)16/h7-11H,6H2,1-5H3. The van der Waals surface area contributed by atoms with Crippen LogP contribution in [0.3, 0.4) is 0 Å². The van der Waals surface area contributed by atoms with Gasteiger partial charge in [-0.15, -0.1) is 0 Å². The molecule has 0 spiro atoms. The minimum Gasteiger partial charge on any atom is -0.490 e. The highest BCUT2D eigenvalue weighted by atomic mass is 32.2. The molecule has 4 heteroatoms. The van der Waals surface area contributed by atoms with Crippen molar-refractivity contribution < 1.29 is 13.2 Å². The van der Waals surface area contributed by atoms with Crippen molar-refractivity contribution >= 4 is 9.84 Å². The molecule has 0 N–H and O–H groups in total. The Morgan fingerprint density at radius 1 is 1.22 bits per heavy atom. The van der Waals surface area contributed by atoms with Crippen molar-refractivity contribution in [3.05, 3.63) is 23.8 Å². The highest BCUT2D eigenvalue weighted by Gasteiger charge is 2.17. The van der Waals surface area contributed by atoms with Gasteiger partial charge in [0.15, 0.2) is 9.84 Å². The lowest BCUT2D eigenvalue weighted by Crippen LogP contribution is -2.10. The molecule has 0 saturated heterocycles. The number of hydrogen-bond donors (Lipinski definition) is 0. The fourth-order valence-corrected chi connectivity index (χ4v) is 2.54. The second kappa shape index (κ2) is 5.74. The molecular formula is C14H22O3S. The van der Waals surface area contributed by atoms with E-state index in [-0.39, 0.29) is 11.0 Å². The summed E-state index contributed by atoms with van der Waals surface area (Å²) in [5.74, 6) is 0.790. The van der Waals surface area contributed by atoms with Crippen molar-refractivity contribution in [1.82, 2.24) is 0 Å². The molecular weight excluding hydrogens is 248 g/mol. The molecule has 0 aromatic heterocycles. The summed E-state index contributed by atoms with van der Waals surface area (Å²) >= 11 is 0. The van der Waals surface area contributed by atoms with E-state index in [1.807, 2.05) is 19.9 Å². The van der Waals surface area contributed by atoms with Gasteiger partial charge in [-0.05, 0) is 43.9 Å². The molecule has 1 unspecified atom stereocenters. The summed E-state index contributed by atoms with van der Waals surface area (Å²) in [6.45, 7) is 7.94. The van der Waals surface area contributed by atoms with E-state index in [2.05, 4.69) is 13.8 Å². The summed E-state index contributed by atoms with van der Waals surface area (Å²) in [5.41, 5.74) is 1.04. The number of sulfone groups is 1. The van der Waals surface area contributed by atoms with Gasteiger partial charge in [0.05, 0.1) is 6.10 Å². The van der Waals surface area contributed by atoms with Crippen LogP contribution in [-0.2, 0) is 9.84 Å². The van der Waals surface area contributed by atoms with Crippen LogP contribution in [0.4, 0.5) is 0 Å². The molecule has 102 valence electrons.